The van der Waals surface area contributed by atoms with Crippen molar-refractivity contribution in [1.29, 1.82) is 0 Å². The molecule has 0 bridgehead atoms. The van der Waals surface area contributed by atoms with Crippen LogP contribution in [0.3, 0.4) is 0 Å². The van der Waals surface area contributed by atoms with Crippen molar-refractivity contribution < 1.29 is 19.4 Å². The van der Waals surface area contributed by atoms with Gasteiger partial charge in [-0.15, -0.1) is 0 Å². The van der Waals surface area contributed by atoms with E-state index in [1.807, 2.05) is 24.3 Å². The predicted octanol–water partition coefficient (Wildman–Crippen LogP) is 1.36. The second-order valence-electron chi connectivity index (χ2n) is 5.69. The first-order chi connectivity index (χ1) is 9.50. The molecule has 1 aliphatic heterocycles. The van der Waals surface area contributed by atoms with E-state index in [2.05, 4.69) is 5.32 Å². The van der Waals surface area contributed by atoms with E-state index in [1.165, 1.54) is 0 Å². The Balaban J connectivity index is 1.70. The summed E-state index contributed by atoms with van der Waals surface area (Å²) < 4.78 is 5.59. The Morgan fingerprint density at radius 2 is 2.05 bits per heavy atom. The Hall–Kier alpha value is -2.04. The number of carbonyl (C=O) groups is 2. The smallest absolute Gasteiger partial charge is 0.329 e. The molecule has 1 aromatic carbocycles. The third-order valence-electron chi connectivity index (χ3n) is 4.16. The average molecular weight is 275 g/mol. The number of fused-ring (bicyclic) bond motifs is 1. The lowest BCUT2D eigenvalue weighted by Gasteiger charge is -2.27. The fourth-order valence-electron chi connectivity index (χ4n) is 2.66. The van der Waals surface area contributed by atoms with E-state index in [-0.39, 0.29) is 11.8 Å². The molecule has 1 saturated carbocycles. The van der Waals surface area contributed by atoms with Gasteiger partial charge in [-0.25, -0.2) is 4.79 Å². The highest BCUT2D eigenvalue weighted by Gasteiger charge is 2.49. The fourth-order valence-corrected chi connectivity index (χ4v) is 2.66. The van der Waals surface area contributed by atoms with Gasteiger partial charge in [0.05, 0.1) is 0 Å². The largest absolute Gasteiger partial charge is 0.480 e. The normalized spacial score (nSPS) is 23.4. The number of para-hydroxylation sites is 1. The molecular weight excluding hydrogens is 258 g/mol. The lowest BCUT2D eigenvalue weighted by Crippen LogP contribution is -2.57. The first-order valence-electron chi connectivity index (χ1n) is 6.80. The summed E-state index contributed by atoms with van der Waals surface area (Å²) in [4.78, 5) is 23.7. The highest BCUT2D eigenvalue weighted by atomic mass is 16.5. The van der Waals surface area contributed by atoms with Crippen molar-refractivity contribution in [2.45, 2.75) is 37.8 Å². The van der Waals surface area contributed by atoms with Crippen LogP contribution >= 0.6 is 0 Å². The van der Waals surface area contributed by atoms with Crippen LogP contribution in [0.5, 0.6) is 5.75 Å². The zero-order valence-electron chi connectivity index (χ0n) is 11.3. The lowest BCUT2D eigenvalue weighted by molar-refractivity contribution is -0.149. The summed E-state index contributed by atoms with van der Waals surface area (Å²) in [6, 6.07) is 7.48. The Kier molecular flexibility index (Phi) is 2.92. The maximum Gasteiger partial charge on any atom is 0.329 e. The summed E-state index contributed by atoms with van der Waals surface area (Å²) in [7, 11) is 0. The molecule has 0 spiro atoms. The van der Waals surface area contributed by atoms with Gasteiger partial charge in [-0.1, -0.05) is 18.2 Å². The SMILES string of the molecule is CC(NC(=O)C1Cc2ccccc2O1)(C(=O)O)C1CC1. The number of hydrogen-bond donors (Lipinski definition) is 2. The van der Waals surface area contributed by atoms with Gasteiger partial charge in [0.2, 0.25) is 0 Å². The molecule has 2 atom stereocenters. The number of benzene rings is 1. The van der Waals surface area contributed by atoms with Gasteiger partial charge in [-0.05, 0) is 37.3 Å². The van der Waals surface area contributed by atoms with E-state index in [1.54, 1.807) is 6.92 Å². The van der Waals surface area contributed by atoms with Gasteiger partial charge in [0, 0.05) is 6.42 Å². The van der Waals surface area contributed by atoms with Crippen molar-refractivity contribution in [3.8, 4) is 5.75 Å². The first kappa shape index (κ1) is 13.0. The third kappa shape index (κ3) is 2.13. The Bertz CT molecular complexity index is 542. The lowest BCUT2D eigenvalue weighted by atomic mass is 9.95. The van der Waals surface area contributed by atoms with E-state index >= 15 is 0 Å². The Morgan fingerprint density at radius 1 is 1.35 bits per heavy atom. The van der Waals surface area contributed by atoms with E-state index in [0.29, 0.717) is 12.2 Å². The number of ether oxygens (including phenoxy) is 1. The molecule has 20 heavy (non-hydrogen) atoms. The number of nitrogens with one attached hydrogen (secondary N) is 1. The third-order valence-corrected chi connectivity index (χ3v) is 4.16. The monoisotopic (exact) mass is 275 g/mol. The van der Waals surface area contributed by atoms with Crippen molar-refractivity contribution >= 4 is 11.9 Å². The van der Waals surface area contributed by atoms with Gasteiger partial charge < -0.3 is 15.2 Å². The first-order valence-corrected chi connectivity index (χ1v) is 6.80. The molecule has 0 radical (unpaired) electrons. The molecule has 2 unspecified atom stereocenters. The maximum absolute atomic E-state index is 12.3. The molecule has 2 N–H and O–H groups in total. The molecule has 0 saturated heterocycles. The molecule has 0 aromatic heterocycles. The average Bonchev–Trinajstić information content (AvgIpc) is 3.17. The molecule has 106 valence electrons. The minimum atomic E-state index is -1.19. The predicted molar refractivity (Wildman–Crippen MR) is 71.5 cm³/mol. The van der Waals surface area contributed by atoms with Crippen LogP contribution in [0.2, 0.25) is 0 Å². The maximum atomic E-state index is 12.3. The van der Waals surface area contributed by atoms with Crippen LogP contribution < -0.4 is 10.1 Å². The Morgan fingerprint density at radius 3 is 2.65 bits per heavy atom. The molecule has 1 aliphatic carbocycles. The zero-order valence-corrected chi connectivity index (χ0v) is 11.3. The molecule has 2 aliphatic rings. The van der Waals surface area contributed by atoms with Crippen LogP contribution in [-0.4, -0.2) is 28.6 Å². The van der Waals surface area contributed by atoms with E-state index in [0.717, 1.165) is 18.4 Å². The van der Waals surface area contributed by atoms with Crippen molar-refractivity contribution in [2.75, 3.05) is 0 Å². The topological polar surface area (TPSA) is 75.6 Å². The van der Waals surface area contributed by atoms with Crippen molar-refractivity contribution in [3.05, 3.63) is 29.8 Å². The van der Waals surface area contributed by atoms with E-state index in [9.17, 15) is 14.7 Å². The number of rotatable bonds is 4. The quantitative estimate of drug-likeness (QED) is 0.870. The molecule has 1 amide bonds. The fraction of sp³-hybridized carbons (Fsp3) is 0.467. The number of carboxylic acids is 1. The highest BCUT2D eigenvalue weighted by molar-refractivity contribution is 5.90. The van der Waals surface area contributed by atoms with Crippen LogP contribution in [0.25, 0.3) is 0 Å². The number of amides is 1. The van der Waals surface area contributed by atoms with Gasteiger partial charge in [0.1, 0.15) is 11.3 Å². The van der Waals surface area contributed by atoms with E-state index < -0.39 is 17.6 Å². The van der Waals surface area contributed by atoms with Gasteiger partial charge in [-0.3, -0.25) is 4.79 Å². The summed E-state index contributed by atoms with van der Waals surface area (Å²) in [6.07, 6.45) is 1.54. The number of hydrogen-bond acceptors (Lipinski definition) is 3. The van der Waals surface area contributed by atoms with Gasteiger partial charge >= 0.3 is 5.97 Å². The van der Waals surface area contributed by atoms with Crippen LogP contribution in [0.1, 0.15) is 25.3 Å². The van der Waals surface area contributed by atoms with Crippen LogP contribution in [0.4, 0.5) is 0 Å². The standard InChI is InChI=1S/C15H17NO4/c1-15(14(18)19,10-6-7-10)16-13(17)12-8-9-4-2-3-5-11(9)20-12/h2-5,10,12H,6-8H2,1H3,(H,16,17)(H,18,19). The van der Waals surface area contributed by atoms with Crippen molar-refractivity contribution in [3.63, 3.8) is 0 Å². The summed E-state index contributed by atoms with van der Waals surface area (Å²) in [5.41, 5.74) is -0.203. The summed E-state index contributed by atoms with van der Waals surface area (Å²) >= 11 is 0. The van der Waals surface area contributed by atoms with Gasteiger partial charge in [-0.2, -0.15) is 0 Å². The second-order valence-corrected chi connectivity index (χ2v) is 5.69. The number of aliphatic carboxylic acids is 1. The molecule has 5 heteroatoms. The molecular formula is C15H17NO4. The zero-order chi connectivity index (χ0) is 14.3. The molecule has 3 rings (SSSR count). The molecule has 1 aromatic rings. The molecule has 1 heterocycles. The molecule has 1 fully saturated rings. The van der Waals surface area contributed by atoms with Crippen molar-refractivity contribution in [1.82, 2.24) is 5.32 Å². The van der Waals surface area contributed by atoms with Crippen LogP contribution in [0.15, 0.2) is 24.3 Å². The minimum absolute atomic E-state index is 0.0210. The Labute approximate surface area is 116 Å². The number of carboxylic acid groups (broad SMARTS) is 1. The van der Waals surface area contributed by atoms with Crippen LogP contribution in [-0.2, 0) is 16.0 Å². The summed E-state index contributed by atoms with van der Waals surface area (Å²) in [5, 5.41) is 12.0. The van der Waals surface area contributed by atoms with Gasteiger partial charge in [0.25, 0.3) is 5.91 Å². The van der Waals surface area contributed by atoms with E-state index in [4.69, 9.17) is 4.74 Å². The van der Waals surface area contributed by atoms with Gasteiger partial charge in [0.15, 0.2) is 6.10 Å². The summed E-state index contributed by atoms with van der Waals surface area (Å²) in [5.74, 6) is -0.606. The highest BCUT2D eigenvalue weighted by Crippen LogP contribution is 2.40. The minimum Gasteiger partial charge on any atom is -0.480 e. The molecule has 5 nitrogen and oxygen atoms in total. The van der Waals surface area contributed by atoms with Crippen molar-refractivity contribution in [2.24, 2.45) is 5.92 Å². The summed E-state index contributed by atoms with van der Waals surface area (Å²) in [6.45, 7) is 1.58. The number of carbonyl (C=O) groups excluding carboxylic acids is 1. The second kappa shape index (κ2) is 4.51. The van der Waals surface area contributed by atoms with Crippen LogP contribution in [0, 0.1) is 5.92 Å².